The minimum Gasteiger partial charge on any atom is -0.285 e. The number of nitrogens with one attached hydrogen (secondary N) is 1. The number of aromatic nitrogens is 4. The Kier molecular flexibility index (Phi) is 2.18. The highest BCUT2D eigenvalue weighted by molar-refractivity contribution is 9.10. The van der Waals surface area contributed by atoms with E-state index in [1.54, 1.807) is 18.6 Å². The molecule has 2 heterocycles. The van der Waals surface area contributed by atoms with Crippen LogP contribution in [-0.2, 0) is 0 Å². The summed E-state index contributed by atoms with van der Waals surface area (Å²) in [5.41, 5.74) is 3.52. The van der Waals surface area contributed by atoms with Gasteiger partial charge in [-0.25, -0.2) is 4.98 Å². The van der Waals surface area contributed by atoms with E-state index in [2.05, 4.69) is 36.1 Å². The molecule has 5 heteroatoms. The summed E-state index contributed by atoms with van der Waals surface area (Å²) in [7, 11) is 0. The van der Waals surface area contributed by atoms with Crippen LogP contribution in [0.25, 0.3) is 22.3 Å². The highest BCUT2D eigenvalue weighted by Crippen LogP contribution is 2.20. The van der Waals surface area contributed by atoms with Crippen LogP contribution in [0.1, 0.15) is 0 Å². The maximum absolute atomic E-state index is 4.52. The molecule has 0 saturated heterocycles. The number of halogens is 1. The Labute approximate surface area is 99.9 Å². The Balaban J connectivity index is 2.20. The number of fused-ring (bicyclic) bond motifs is 1. The van der Waals surface area contributed by atoms with Gasteiger partial charge in [-0.1, -0.05) is 15.9 Å². The van der Waals surface area contributed by atoms with Gasteiger partial charge in [-0.05, 0) is 18.2 Å². The predicted octanol–water partition coefficient (Wildman–Crippen LogP) is 2.78. The largest absolute Gasteiger partial charge is 0.285 e. The first-order chi connectivity index (χ1) is 7.83. The molecule has 78 valence electrons. The summed E-state index contributed by atoms with van der Waals surface area (Å²) in [5.74, 6) is 0. The van der Waals surface area contributed by atoms with Crippen molar-refractivity contribution in [2.75, 3.05) is 0 Å². The molecule has 0 radical (unpaired) electrons. The van der Waals surface area contributed by atoms with Gasteiger partial charge in [-0.15, -0.1) is 0 Å². The molecule has 0 bridgehead atoms. The molecule has 0 amide bonds. The van der Waals surface area contributed by atoms with E-state index in [0.29, 0.717) is 0 Å². The third-order valence-electron chi connectivity index (χ3n) is 2.30. The number of H-pyrrole nitrogens is 1. The fourth-order valence-electron chi connectivity index (χ4n) is 1.51. The van der Waals surface area contributed by atoms with Crippen molar-refractivity contribution in [1.82, 2.24) is 20.2 Å². The first kappa shape index (κ1) is 9.47. The molecule has 0 spiro atoms. The first-order valence-corrected chi connectivity index (χ1v) is 5.54. The molecule has 3 rings (SSSR count). The zero-order chi connectivity index (χ0) is 11.0. The summed E-state index contributed by atoms with van der Waals surface area (Å²) in [6.07, 6.45) is 5.28. The van der Waals surface area contributed by atoms with Crippen molar-refractivity contribution >= 4 is 27.0 Å². The second-order valence-electron chi connectivity index (χ2n) is 3.38. The van der Waals surface area contributed by atoms with Gasteiger partial charge in [0.1, 0.15) is 0 Å². The molecule has 0 aliphatic carbocycles. The summed E-state index contributed by atoms with van der Waals surface area (Å²) in [5, 5.41) is 6.65. The standard InChI is InChI=1S/C11H7BrN4/c12-8-1-2-9-10(3-8)13-6-11(16-9)7-4-14-15-5-7/h1-6H,(H,14,15). The predicted molar refractivity (Wildman–Crippen MR) is 64.8 cm³/mol. The monoisotopic (exact) mass is 274 g/mol. The zero-order valence-electron chi connectivity index (χ0n) is 8.18. The van der Waals surface area contributed by atoms with E-state index < -0.39 is 0 Å². The lowest BCUT2D eigenvalue weighted by atomic mass is 10.2. The van der Waals surface area contributed by atoms with Crippen LogP contribution in [0.4, 0.5) is 0 Å². The maximum Gasteiger partial charge on any atom is 0.0924 e. The van der Waals surface area contributed by atoms with Crippen molar-refractivity contribution in [3.63, 3.8) is 0 Å². The lowest BCUT2D eigenvalue weighted by Gasteiger charge is -2.00. The smallest absolute Gasteiger partial charge is 0.0924 e. The van der Waals surface area contributed by atoms with Crippen molar-refractivity contribution in [1.29, 1.82) is 0 Å². The fourth-order valence-corrected chi connectivity index (χ4v) is 1.86. The topological polar surface area (TPSA) is 54.5 Å². The highest BCUT2D eigenvalue weighted by atomic mass is 79.9. The fraction of sp³-hybridized carbons (Fsp3) is 0. The van der Waals surface area contributed by atoms with Crippen LogP contribution in [0.5, 0.6) is 0 Å². The Hall–Kier alpha value is -1.75. The van der Waals surface area contributed by atoms with Crippen LogP contribution in [0, 0.1) is 0 Å². The van der Waals surface area contributed by atoms with Crippen LogP contribution in [0.3, 0.4) is 0 Å². The second kappa shape index (κ2) is 3.68. The molecule has 16 heavy (non-hydrogen) atoms. The first-order valence-electron chi connectivity index (χ1n) is 4.74. The van der Waals surface area contributed by atoms with E-state index in [1.807, 2.05) is 18.2 Å². The summed E-state index contributed by atoms with van der Waals surface area (Å²) in [4.78, 5) is 8.88. The third-order valence-corrected chi connectivity index (χ3v) is 2.79. The Bertz CT molecular complexity index is 634. The molecule has 0 fully saturated rings. The van der Waals surface area contributed by atoms with Gasteiger partial charge in [-0.2, -0.15) is 5.10 Å². The van der Waals surface area contributed by atoms with E-state index in [1.165, 1.54) is 0 Å². The molecule has 0 unspecified atom stereocenters. The molecular formula is C11H7BrN4. The minimum absolute atomic E-state index is 0.823. The van der Waals surface area contributed by atoms with Crippen molar-refractivity contribution in [2.24, 2.45) is 0 Å². The summed E-state index contributed by atoms with van der Waals surface area (Å²) in [6, 6.07) is 5.84. The van der Waals surface area contributed by atoms with Crippen molar-refractivity contribution in [3.8, 4) is 11.3 Å². The number of rotatable bonds is 1. The van der Waals surface area contributed by atoms with Gasteiger partial charge in [0.05, 0.1) is 29.1 Å². The number of aromatic amines is 1. The van der Waals surface area contributed by atoms with Crippen LogP contribution < -0.4 is 0 Å². The molecule has 0 saturated carbocycles. The summed E-state index contributed by atoms with van der Waals surface area (Å²) in [6.45, 7) is 0. The lowest BCUT2D eigenvalue weighted by Crippen LogP contribution is -1.87. The number of hydrogen-bond donors (Lipinski definition) is 1. The van der Waals surface area contributed by atoms with Crippen LogP contribution in [0.15, 0.2) is 41.3 Å². The van der Waals surface area contributed by atoms with Gasteiger partial charge in [0.25, 0.3) is 0 Å². The van der Waals surface area contributed by atoms with Gasteiger partial charge in [0.2, 0.25) is 0 Å². The van der Waals surface area contributed by atoms with Gasteiger partial charge in [0, 0.05) is 16.2 Å². The van der Waals surface area contributed by atoms with Crippen molar-refractivity contribution < 1.29 is 0 Å². The summed E-state index contributed by atoms with van der Waals surface area (Å²) >= 11 is 3.41. The Morgan fingerprint density at radius 3 is 2.88 bits per heavy atom. The Morgan fingerprint density at radius 2 is 2.06 bits per heavy atom. The van der Waals surface area contributed by atoms with Gasteiger partial charge in [0.15, 0.2) is 0 Å². The quantitative estimate of drug-likeness (QED) is 0.743. The number of hydrogen-bond acceptors (Lipinski definition) is 3. The van der Waals surface area contributed by atoms with E-state index in [9.17, 15) is 0 Å². The summed E-state index contributed by atoms with van der Waals surface area (Å²) < 4.78 is 1.00. The third kappa shape index (κ3) is 1.59. The lowest BCUT2D eigenvalue weighted by molar-refractivity contribution is 1.09. The molecule has 1 N–H and O–H groups in total. The van der Waals surface area contributed by atoms with Crippen LogP contribution in [-0.4, -0.2) is 20.2 Å². The van der Waals surface area contributed by atoms with Gasteiger partial charge in [-0.3, -0.25) is 10.1 Å². The van der Waals surface area contributed by atoms with Crippen LogP contribution >= 0.6 is 15.9 Å². The number of benzene rings is 1. The van der Waals surface area contributed by atoms with Gasteiger partial charge < -0.3 is 0 Å². The molecule has 1 aromatic carbocycles. The zero-order valence-corrected chi connectivity index (χ0v) is 9.77. The average molecular weight is 275 g/mol. The number of nitrogens with zero attached hydrogens (tertiary/aromatic N) is 3. The van der Waals surface area contributed by atoms with E-state index in [-0.39, 0.29) is 0 Å². The molecule has 0 aliphatic rings. The molecule has 2 aromatic heterocycles. The van der Waals surface area contributed by atoms with Crippen LogP contribution in [0.2, 0.25) is 0 Å². The minimum atomic E-state index is 0.823. The van der Waals surface area contributed by atoms with E-state index in [4.69, 9.17) is 0 Å². The second-order valence-corrected chi connectivity index (χ2v) is 4.29. The van der Waals surface area contributed by atoms with Gasteiger partial charge >= 0.3 is 0 Å². The van der Waals surface area contributed by atoms with Crippen molar-refractivity contribution in [2.45, 2.75) is 0 Å². The molecule has 4 nitrogen and oxygen atoms in total. The van der Waals surface area contributed by atoms with E-state index >= 15 is 0 Å². The molecule has 0 atom stereocenters. The molecule has 3 aromatic rings. The highest BCUT2D eigenvalue weighted by Gasteiger charge is 2.03. The normalized spacial score (nSPS) is 10.8. The average Bonchev–Trinajstić information content (AvgIpc) is 2.82. The molecule has 0 aliphatic heterocycles. The molecular weight excluding hydrogens is 268 g/mol. The Morgan fingerprint density at radius 1 is 1.12 bits per heavy atom. The SMILES string of the molecule is Brc1ccc2nc(-c3cn[nH]c3)cnc2c1. The van der Waals surface area contributed by atoms with Crippen molar-refractivity contribution in [3.05, 3.63) is 41.3 Å². The maximum atomic E-state index is 4.52. The van der Waals surface area contributed by atoms with E-state index in [0.717, 1.165) is 26.8 Å².